The Morgan fingerprint density at radius 3 is 2.74 bits per heavy atom. The molecule has 0 heterocycles. The second-order valence-electron chi connectivity index (χ2n) is 4.58. The van der Waals surface area contributed by atoms with E-state index >= 15 is 0 Å². The zero-order valence-corrected chi connectivity index (χ0v) is 10.8. The minimum Gasteiger partial charge on any atom is -0.398 e. The van der Waals surface area contributed by atoms with Crippen molar-refractivity contribution >= 4 is 23.9 Å². The van der Waals surface area contributed by atoms with E-state index < -0.39 is 0 Å². The number of aldehydes is 1. The van der Waals surface area contributed by atoms with Gasteiger partial charge >= 0.3 is 0 Å². The monoisotopic (exact) mass is 255 g/mol. The Kier molecular flexibility index (Phi) is 3.80. The predicted molar refractivity (Wildman–Crippen MR) is 79.2 cm³/mol. The highest BCUT2D eigenvalue weighted by Crippen LogP contribution is 2.21. The number of carbonyl (C=O) groups excluding carboxylic acids is 1. The lowest BCUT2D eigenvalue weighted by Crippen LogP contribution is -2.01. The molecule has 1 aliphatic rings. The molecular formula is C15H17N3O. The number of allylic oxidation sites excluding steroid dienone is 3. The van der Waals surface area contributed by atoms with Crippen molar-refractivity contribution in [2.45, 2.75) is 13.3 Å². The average molecular weight is 255 g/mol. The van der Waals surface area contributed by atoms with E-state index in [-0.39, 0.29) is 0 Å². The maximum atomic E-state index is 10.8. The van der Waals surface area contributed by atoms with Crippen LogP contribution in [0.15, 0.2) is 41.1 Å². The molecule has 0 spiro atoms. The van der Waals surface area contributed by atoms with Crippen molar-refractivity contribution in [2.75, 3.05) is 11.5 Å². The van der Waals surface area contributed by atoms with Gasteiger partial charge < -0.3 is 11.5 Å². The van der Waals surface area contributed by atoms with Gasteiger partial charge in [0.05, 0.1) is 0 Å². The summed E-state index contributed by atoms with van der Waals surface area (Å²) in [6, 6.07) is 3.33. The fourth-order valence-electron chi connectivity index (χ4n) is 1.96. The molecular weight excluding hydrogens is 238 g/mol. The summed E-state index contributed by atoms with van der Waals surface area (Å²) in [6.07, 6.45) is 9.21. The van der Waals surface area contributed by atoms with Crippen LogP contribution in [0.25, 0.3) is 0 Å². The number of hydrogen-bond donors (Lipinski definition) is 2. The van der Waals surface area contributed by atoms with Crippen molar-refractivity contribution in [2.24, 2.45) is 10.9 Å². The third kappa shape index (κ3) is 2.91. The maximum absolute atomic E-state index is 10.8. The molecule has 1 aliphatic carbocycles. The highest BCUT2D eigenvalue weighted by atomic mass is 16.1. The fraction of sp³-hybridized carbons (Fsp3) is 0.200. The molecule has 19 heavy (non-hydrogen) atoms. The predicted octanol–water partition coefficient (Wildman–Crippen LogP) is 2.37. The van der Waals surface area contributed by atoms with Gasteiger partial charge in [-0.1, -0.05) is 19.1 Å². The van der Waals surface area contributed by atoms with E-state index in [0.29, 0.717) is 29.3 Å². The molecule has 0 saturated heterocycles. The summed E-state index contributed by atoms with van der Waals surface area (Å²) >= 11 is 0. The SMILES string of the molecule is CC1C=CC=C1N=CCc1cc(C=O)c(N)cc1N. The second-order valence-corrected chi connectivity index (χ2v) is 4.58. The van der Waals surface area contributed by atoms with Crippen LogP contribution in [0, 0.1) is 5.92 Å². The van der Waals surface area contributed by atoms with Crippen molar-refractivity contribution in [3.63, 3.8) is 0 Å². The minimum atomic E-state index is 0.352. The minimum absolute atomic E-state index is 0.352. The van der Waals surface area contributed by atoms with Crippen LogP contribution in [0.4, 0.5) is 11.4 Å². The van der Waals surface area contributed by atoms with Gasteiger partial charge in [0.15, 0.2) is 6.29 Å². The molecule has 2 rings (SSSR count). The molecule has 0 bridgehead atoms. The Morgan fingerprint density at radius 2 is 2.11 bits per heavy atom. The number of hydrogen-bond acceptors (Lipinski definition) is 4. The summed E-state index contributed by atoms with van der Waals surface area (Å²) < 4.78 is 0. The quantitative estimate of drug-likeness (QED) is 0.492. The number of nitrogens with two attached hydrogens (primary N) is 2. The molecule has 1 aromatic carbocycles. The lowest BCUT2D eigenvalue weighted by Gasteiger charge is -2.07. The number of nitrogens with zero attached hydrogens (tertiary/aromatic N) is 1. The number of carbonyl (C=O) groups is 1. The Morgan fingerprint density at radius 1 is 1.32 bits per heavy atom. The first-order valence-corrected chi connectivity index (χ1v) is 6.15. The average Bonchev–Trinajstić information content (AvgIpc) is 2.78. The molecule has 4 heteroatoms. The van der Waals surface area contributed by atoms with Crippen molar-refractivity contribution < 1.29 is 4.79 Å². The molecule has 4 nitrogen and oxygen atoms in total. The Bertz CT molecular complexity index is 585. The molecule has 0 fully saturated rings. The van der Waals surface area contributed by atoms with Crippen LogP contribution in [-0.2, 0) is 6.42 Å². The van der Waals surface area contributed by atoms with E-state index in [1.807, 2.05) is 18.4 Å². The molecule has 0 aliphatic heterocycles. The van der Waals surface area contributed by atoms with E-state index in [9.17, 15) is 4.79 Å². The number of nitrogen functional groups attached to an aromatic ring is 2. The van der Waals surface area contributed by atoms with Gasteiger partial charge in [-0.2, -0.15) is 0 Å². The fourth-order valence-corrected chi connectivity index (χ4v) is 1.96. The van der Waals surface area contributed by atoms with Gasteiger partial charge in [-0.05, 0) is 23.8 Å². The molecule has 0 radical (unpaired) electrons. The van der Waals surface area contributed by atoms with Crippen molar-refractivity contribution in [3.05, 3.63) is 47.2 Å². The highest BCUT2D eigenvalue weighted by molar-refractivity contribution is 5.86. The Hall–Kier alpha value is -2.36. The number of aliphatic imine (C=N–C) groups is 1. The lowest BCUT2D eigenvalue weighted by molar-refractivity contribution is 0.112. The molecule has 1 atom stereocenters. The lowest BCUT2D eigenvalue weighted by atomic mass is 10.1. The van der Waals surface area contributed by atoms with Gasteiger partial charge in [0, 0.05) is 41.2 Å². The third-order valence-corrected chi connectivity index (χ3v) is 3.16. The first kappa shape index (κ1) is 13.1. The van der Waals surface area contributed by atoms with E-state index in [0.717, 1.165) is 17.5 Å². The number of anilines is 2. The zero-order valence-electron chi connectivity index (χ0n) is 10.8. The summed E-state index contributed by atoms with van der Waals surface area (Å²) in [5, 5.41) is 0. The Labute approximate surface area is 112 Å². The van der Waals surface area contributed by atoms with Gasteiger partial charge in [0.25, 0.3) is 0 Å². The van der Waals surface area contributed by atoms with Crippen LogP contribution in [0.2, 0.25) is 0 Å². The van der Waals surface area contributed by atoms with Crippen LogP contribution in [0.1, 0.15) is 22.8 Å². The summed E-state index contributed by atoms with van der Waals surface area (Å²) in [7, 11) is 0. The largest absolute Gasteiger partial charge is 0.398 e. The van der Waals surface area contributed by atoms with Gasteiger partial charge in [0.1, 0.15) is 0 Å². The standard InChI is InChI=1S/C15H17N3O/c1-10-3-2-4-15(10)18-6-5-11-7-12(9-19)14(17)8-13(11)16/h2-4,6-10H,5,16-17H2,1H3. The van der Waals surface area contributed by atoms with Gasteiger partial charge in [0.2, 0.25) is 0 Å². The van der Waals surface area contributed by atoms with E-state index in [1.54, 1.807) is 12.1 Å². The maximum Gasteiger partial charge on any atom is 0.152 e. The number of rotatable bonds is 4. The van der Waals surface area contributed by atoms with E-state index in [1.165, 1.54) is 0 Å². The van der Waals surface area contributed by atoms with Crippen LogP contribution in [0.3, 0.4) is 0 Å². The van der Waals surface area contributed by atoms with Crippen LogP contribution >= 0.6 is 0 Å². The van der Waals surface area contributed by atoms with Gasteiger partial charge in [-0.15, -0.1) is 0 Å². The zero-order chi connectivity index (χ0) is 13.8. The molecule has 1 unspecified atom stereocenters. The topological polar surface area (TPSA) is 81.5 Å². The Balaban J connectivity index is 2.11. The summed E-state index contributed by atoms with van der Waals surface area (Å²) in [4.78, 5) is 15.3. The molecule has 4 N–H and O–H groups in total. The molecule has 0 aromatic heterocycles. The van der Waals surface area contributed by atoms with Crippen molar-refractivity contribution in [1.82, 2.24) is 0 Å². The normalized spacial score (nSPS) is 17.9. The molecule has 98 valence electrons. The van der Waals surface area contributed by atoms with Crippen molar-refractivity contribution in [1.29, 1.82) is 0 Å². The van der Waals surface area contributed by atoms with E-state index in [2.05, 4.69) is 18.0 Å². The summed E-state index contributed by atoms with van der Waals surface area (Å²) in [5.41, 5.74) is 14.9. The van der Waals surface area contributed by atoms with Crippen LogP contribution < -0.4 is 11.5 Å². The van der Waals surface area contributed by atoms with Crippen LogP contribution in [0.5, 0.6) is 0 Å². The molecule has 0 amide bonds. The summed E-state index contributed by atoms with van der Waals surface area (Å²) in [6.45, 7) is 2.09. The number of benzene rings is 1. The second kappa shape index (κ2) is 5.52. The van der Waals surface area contributed by atoms with Crippen LogP contribution in [-0.4, -0.2) is 12.5 Å². The summed E-state index contributed by atoms with van der Waals surface area (Å²) in [5.74, 6) is 0.352. The third-order valence-electron chi connectivity index (χ3n) is 3.16. The van der Waals surface area contributed by atoms with E-state index in [4.69, 9.17) is 11.5 Å². The molecule has 1 aromatic rings. The van der Waals surface area contributed by atoms with Gasteiger partial charge in [-0.25, -0.2) is 0 Å². The first-order chi connectivity index (χ1) is 9.11. The van der Waals surface area contributed by atoms with Crippen molar-refractivity contribution in [3.8, 4) is 0 Å². The highest BCUT2D eigenvalue weighted by Gasteiger charge is 2.07. The smallest absolute Gasteiger partial charge is 0.152 e. The van der Waals surface area contributed by atoms with Gasteiger partial charge in [-0.3, -0.25) is 9.79 Å². The first-order valence-electron chi connectivity index (χ1n) is 6.15. The molecule has 0 saturated carbocycles.